The second kappa shape index (κ2) is 6.80. The van der Waals surface area contributed by atoms with Gasteiger partial charge in [-0.1, -0.05) is 0 Å². The zero-order chi connectivity index (χ0) is 19.7. The topological polar surface area (TPSA) is 104 Å². The predicted octanol–water partition coefficient (Wildman–Crippen LogP) is 2.57. The molecule has 2 aromatic rings. The molecule has 0 radical (unpaired) electrons. The zero-order valence-corrected chi connectivity index (χ0v) is 15.6. The first-order valence-electron chi connectivity index (χ1n) is 8.83. The highest BCUT2D eigenvalue weighted by molar-refractivity contribution is 6.18. The Labute approximate surface area is 162 Å². The lowest BCUT2D eigenvalue weighted by molar-refractivity contribution is -0.112. The number of imidazole rings is 1. The van der Waals surface area contributed by atoms with Gasteiger partial charge in [0.2, 0.25) is 0 Å². The van der Waals surface area contributed by atoms with Gasteiger partial charge in [-0.05, 0) is 26.0 Å². The van der Waals surface area contributed by atoms with Crippen LogP contribution < -0.4 is 15.4 Å². The fourth-order valence-corrected chi connectivity index (χ4v) is 3.26. The molecule has 1 aromatic carbocycles. The number of aliphatic imine (C=N–C) groups is 1. The van der Waals surface area contributed by atoms with Gasteiger partial charge in [0.25, 0.3) is 5.91 Å². The molecule has 1 aromatic heterocycles. The average molecular weight is 376 g/mol. The van der Waals surface area contributed by atoms with Crippen LogP contribution in [0.15, 0.2) is 59.5 Å². The molecule has 0 aliphatic carbocycles. The third-order valence-electron chi connectivity index (χ3n) is 4.46. The molecular weight excluding hydrogens is 356 g/mol. The highest BCUT2D eigenvalue weighted by atomic mass is 16.5. The fourth-order valence-electron chi connectivity index (χ4n) is 3.26. The first-order valence-corrected chi connectivity index (χ1v) is 8.83. The molecular formula is C20H20N6O2. The summed E-state index contributed by atoms with van der Waals surface area (Å²) in [5, 5.41) is 13.4. The Morgan fingerprint density at radius 1 is 1.43 bits per heavy atom. The largest absolute Gasteiger partial charge is 0.487 e. The summed E-state index contributed by atoms with van der Waals surface area (Å²) in [7, 11) is 0. The van der Waals surface area contributed by atoms with E-state index in [-0.39, 0.29) is 11.2 Å². The molecule has 1 amide bonds. The molecule has 3 heterocycles. The van der Waals surface area contributed by atoms with Gasteiger partial charge in [-0.15, -0.1) is 0 Å². The monoisotopic (exact) mass is 376 g/mol. The second-order valence-electron chi connectivity index (χ2n) is 7.13. The molecule has 0 saturated carbocycles. The number of allylic oxidation sites excluding steroid dienone is 1. The summed E-state index contributed by atoms with van der Waals surface area (Å²) in [6.07, 6.45) is 11.8. The van der Waals surface area contributed by atoms with Gasteiger partial charge in [-0.3, -0.25) is 4.79 Å². The Balaban J connectivity index is 1.73. The van der Waals surface area contributed by atoms with Crippen molar-refractivity contribution in [3.63, 3.8) is 0 Å². The van der Waals surface area contributed by atoms with Crippen molar-refractivity contribution in [3.8, 4) is 11.4 Å². The van der Waals surface area contributed by atoms with Gasteiger partial charge in [0, 0.05) is 49.1 Å². The molecule has 142 valence electrons. The van der Waals surface area contributed by atoms with E-state index in [1.54, 1.807) is 37.2 Å². The number of carbonyl (C=O) groups is 1. The smallest absolute Gasteiger partial charge is 0.261 e. The number of hydrogen-bond donors (Lipinski definition) is 3. The molecule has 0 unspecified atom stereocenters. The van der Waals surface area contributed by atoms with Crippen LogP contribution in [0.2, 0.25) is 0 Å². The van der Waals surface area contributed by atoms with E-state index in [4.69, 9.17) is 10.1 Å². The Morgan fingerprint density at radius 3 is 2.96 bits per heavy atom. The van der Waals surface area contributed by atoms with Crippen LogP contribution in [0, 0.1) is 5.41 Å². The van der Waals surface area contributed by atoms with Crippen molar-refractivity contribution in [3.05, 3.63) is 60.1 Å². The standard InChI is InChI=1S/C20H20N6O2/c1-20(2)10-13-8-15(16(9-17(13)28-20)26-7-6-22-12-26)25-19(27)14(11-21)18-23-4-3-5-24-18/h3-9,11-12,21,23H,10H2,1-2H3,(H,25,27)/b18-14-,21-11?. The fraction of sp³-hybridized carbons (Fsp3) is 0.200. The van der Waals surface area contributed by atoms with Gasteiger partial charge in [0.15, 0.2) is 0 Å². The summed E-state index contributed by atoms with van der Waals surface area (Å²) >= 11 is 0. The Kier molecular flexibility index (Phi) is 4.31. The van der Waals surface area contributed by atoms with Gasteiger partial charge in [0.05, 0.1) is 23.3 Å². The molecule has 8 heteroatoms. The molecule has 2 aliphatic rings. The molecule has 0 fully saturated rings. The Morgan fingerprint density at radius 2 is 2.29 bits per heavy atom. The minimum Gasteiger partial charge on any atom is -0.487 e. The summed E-state index contributed by atoms with van der Waals surface area (Å²) in [6, 6.07) is 3.82. The minimum absolute atomic E-state index is 0.134. The van der Waals surface area contributed by atoms with Crippen molar-refractivity contribution in [1.82, 2.24) is 14.9 Å². The molecule has 0 atom stereocenters. The third-order valence-corrected chi connectivity index (χ3v) is 4.46. The number of aromatic nitrogens is 2. The number of benzene rings is 1. The van der Waals surface area contributed by atoms with E-state index in [1.807, 2.05) is 30.5 Å². The zero-order valence-electron chi connectivity index (χ0n) is 15.6. The summed E-state index contributed by atoms with van der Waals surface area (Å²) in [4.78, 5) is 21.1. The molecule has 0 saturated heterocycles. The minimum atomic E-state index is -0.426. The number of carbonyl (C=O) groups excluding carboxylic acids is 1. The lowest BCUT2D eigenvalue weighted by Gasteiger charge is -2.17. The van der Waals surface area contributed by atoms with Crippen molar-refractivity contribution < 1.29 is 9.53 Å². The van der Waals surface area contributed by atoms with E-state index >= 15 is 0 Å². The van der Waals surface area contributed by atoms with Crippen molar-refractivity contribution in [2.24, 2.45) is 4.99 Å². The van der Waals surface area contributed by atoms with E-state index in [2.05, 4.69) is 20.6 Å². The summed E-state index contributed by atoms with van der Waals surface area (Å²) < 4.78 is 7.84. The normalized spacial score (nSPS) is 18.1. The van der Waals surface area contributed by atoms with E-state index in [0.717, 1.165) is 29.6 Å². The number of ether oxygens (including phenoxy) is 1. The lowest BCUT2D eigenvalue weighted by Crippen LogP contribution is -2.24. The van der Waals surface area contributed by atoms with E-state index in [0.29, 0.717) is 11.5 Å². The maximum absolute atomic E-state index is 12.9. The van der Waals surface area contributed by atoms with Crippen LogP contribution in [0.25, 0.3) is 5.69 Å². The number of nitrogens with zero attached hydrogens (tertiary/aromatic N) is 3. The number of anilines is 1. The van der Waals surface area contributed by atoms with Gasteiger partial charge in [-0.25, -0.2) is 9.98 Å². The molecule has 2 aliphatic heterocycles. The van der Waals surface area contributed by atoms with Gasteiger partial charge >= 0.3 is 0 Å². The predicted molar refractivity (Wildman–Crippen MR) is 107 cm³/mol. The van der Waals surface area contributed by atoms with Crippen molar-refractivity contribution in [1.29, 1.82) is 5.41 Å². The molecule has 0 bridgehead atoms. The number of hydrogen-bond acceptors (Lipinski definition) is 6. The number of rotatable bonds is 4. The van der Waals surface area contributed by atoms with Crippen LogP contribution in [-0.4, -0.2) is 33.5 Å². The van der Waals surface area contributed by atoms with Crippen molar-refractivity contribution in [2.75, 3.05) is 5.32 Å². The maximum atomic E-state index is 12.9. The highest BCUT2D eigenvalue weighted by Crippen LogP contribution is 2.39. The Hall–Kier alpha value is -3.68. The Bertz CT molecular complexity index is 1030. The van der Waals surface area contributed by atoms with Gasteiger partial charge in [0.1, 0.15) is 17.2 Å². The molecule has 4 rings (SSSR count). The first-order chi connectivity index (χ1) is 13.5. The summed E-state index contributed by atoms with van der Waals surface area (Å²) in [6.45, 7) is 4.06. The van der Waals surface area contributed by atoms with Crippen molar-refractivity contribution in [2.45, 2.75) is 25.9 Å². The molecule has 8 nitrogen and oxygen atoms in total. The highest BCUT2D eigenvalue weighted by Gasteiger charge is 2.31. The van der Waals surface area contributed by atoms with Crippen molar-refractivity contribution >= 4 is 24.0 Å². The number of nitrogens with one attached hydrogen (secondary N) is 3. The SMILES string of the molecule is CC1(C)Cc2cc(NC(=O)/C(C=N)=C3\N=CC=CN3)c(-n3ccnc3)cc2O1. The van der Waals surface area contributed by atoms with Gasteiger partial charge in [-0.2, -0.15) is 0 Å². The number of amides is 1. The molecule has 28 heavy (non-hydrogen) atoms. The average Bonchev–Trinajstić information content (AvgIpc) is 3.28. The molecule has 3 N–H and O–H groups in total. The lowest BCUT2D eigenvalue weighted by atomic mass is 10.0. The van der Waals surface area contributed by atoms with Crippen LogP contribution in [0.5, 0.6) is 5.75 Å². The second-order valence-corrected chi connectivity index (χ2v) is 7.13. The van der Waals surface area contributed by atoms with Crippen LogP contribution in [-0.2, 0) is 11.2 Å². The third kappa shape index (κ3) is 3.32. The van der Waals surface area contributed by atoms with Crippen LogP contribution in [0.4, 0.5) is 5.69 Å². The maximum Gasteiger partial charge on any atom is 0.261 e. The summed E-state index contributed by atoms with van der Waals surface area (Å²) in [5.74, 6) is 0.690. The van der Waals surface area contributed by atoms with Crippen LogP contribution >= 0.6 is 0 Å². The van der Waals surface area contributed by atoms with E-state index in [9.17, 15) is 4.79 Å². The van der Waals surface area contributed by atoms with E-state index in [1.165, 1.54) is 0 Å². The quantitative estimate of drug-likeness (QED) is 0.563. The summed E-state index contributed by atoms with van der Waals surface area (Å²) in [5.41, 5.74) is 2.20. The van der Waals surface area contributed by atoms with Crippen LogP contribution in [0.3, 0.4) is 0 Å². The molecule has 0 spiro atoms. The van der Waals surface area contributed by atoms with E-state index < -0.39 is 5.91 Å². The van der Waals surface area contributed by atoms with Gasteiger partial charge < -0.3 is 25.3 Å². The van der Waals surface area contributed by atoms with Crippen LogP contribution in [0.1, 0.15) is 19.4 Å². The first kappa shape index (κ1) is 17.7. The number of fused-ring (bicyclic) bond motifs is 1.